The molecule has 2 N–H and O–H groups in total. The molecule has 3 heterocycles. The molecule has 8 atom stereocenters. The summed E-state index contributed by atoms with van der Waals surface area (Å²) in [5.74, 6) is -2.47. The van der Waals surface area contributed by atoms with Crippen LogP contribution in [0.15, 0.2) is 60.7 Å². The van der Waals surface area contributed by atoms with E-state index in [2.05, 4.69) is 41.5 Å². The highest BCUT2D eigenvalue weighted by Crippen LogP contribution is 2.55. The average Bonchev–Trinajstić information content (AvgIpc) is 3.64. The van der Waals surface area contributed by atoms with Gasteiger partial charge in [-0.2, -0.15) is 0 Å². The van der Waals surface area contributed by atoms with Gasteiger partial charge in [-0.05, 0) is 49.1 Å². The molecule has 10 heteroatoms. The van der Waals surface area contributed by atoms with E-state index in [4.69, 9.17) is 16.3 Å². The van der Waals surface area contributed by atoms with Crippen molar-refractivity contribution in [3.63, 3.8) is 0 Å². The van der Waals surface area contributed by atoms with Crippen molar-refractivity contribution in [2.45, 2.75) is 63.4 Å². The third kappa shape index (κ3) is 5.54. The van der Waals surface area contributed by atoms with Crippen LogP contribution in [0, 0.1) is 29.5 Å². The van der Waals surface area contributed by atoms with Gasteiger partial charge < -0.3 is 25.2 Å². The number of carbonyl (C=O) groups excluding carboxylic acids is 3. The summed E-state index contributed by atoms with van der Waals surface area (Å²) in [4.78, 5) is 46.0. The Bertz CT molecular complexity index is 1460. The van der Waals surface area contributed by atoms with Gasteiger partial charge in [0.05, 0.1) is 23.0 Å². The first-order valence-electron chi connectivity index (χ1n) is 15.6. The van der Waals surface area contributed by atoms with E-state index in [0.717, 1.165) is 24.8 Å². The third-order valence-corrected chi connectivity index (χ3v) is 10.5. The maximum atomic E-state index is 14.3. The highest BCUT2D eigenvalue weighted by Gasteiger charge is 2.72. The summed E-state index contributed by atoms with van der Waals surface area (Å²) in [6.07, 6.45) is 6.01. The van der Waals surface area contributed by atoms with Crippen LogP contribution < -0.4 is 10.6 Å². The van der Waals surface area contributed by atoms with Gasteiger partial charge in [0.25, 0.3) is 0 Å². The largest absolute Gasteiger partial charge is 0.359 e. The topological polar surface area (TPSA) is 91.0 Å². The lowest BCUT2D eigenvalue weighted by Crippen LogP contribution is -2.58. The van der Waals surface area contributed by atoms with Crippen molar-refractivity contribution in [1.29, 1.82) is 0 Å². The second kappa shape index (κ2) is 12.3. The summed E-state index contributed by atoms with van der Waals surface area (Å²) in [5.41, 5.74) is 0.215. The van der Waals surface area contributed by atoms with Gasteiger partial charge in [0.15, 0.2) is 0 Å². The van der Waals surface area contributed by atoms with Crippen molar-refractivity contribution < 1.29 is 23.5 Å². The summed E-state index contributed by atoms with van der Waals surface area (Å²) < 4.78 is 20.2. The molecule has 1 spiro atoms. The summed E-state index contributed by atoms with van der Waals surface area (Å²) in [6.45, 7) is 5.91. The minimum Gasteiger partial charge on any atom is -0.359 e. The zero-order chi connectivity index (χ0) is 31.2. The van der Waals surface area contributed by atoms with Gasteiger partial charge in [-0.25, -0.2) is 4.39 Å². The van der Waals surface area contributed by atoms with Crippen LogP contribution in [0.25, 0.3) is 0 Å². The smallest absolute Gasteiger partial charge is 0.246 e. The molecule has 1 saturated carbocycles. The van der Waals surface area contributed by atoms with E-state index in [0.29, 0.717) is 37.2 Å². The number of nitrogens with one attached hydrogen (secondary N) is 2. The van der Waals surface area contributed by atoms with E-state index >= 15 is 0 Å². The fraction of sp³-hybridized carbons (Fsp3) is 0.500. The lowest BCUT2D eigenvalue weighted by molar-refractivity contribution is -0.141. The first kappa shape index (κ1) is 30.7. The van der Waals surface area contributed by atoms with Crippen molar-refractivity contribution in [2.75, 3.05) is 25.5 Å². The number of hydrogen-bond acceptors (Lipinski definition) is 5. The number of ether oxygens (including phenoxy) is 1. The van der Waals surface area contributed by atoms with Crippen LogP contribution in [0.1, 0.15) is 38.7 Å². The number of likely N-dealkylation sites (tertiary alicyclic amines) is 1. The molecule has 1 aliphatic carbocycles. The molecule has 234 valence electrons. The maximum absolute atomic E-state index is 14.3. The molecule has 2 aromatic carbocycles. The van der Waals surface area contributed by atoms with E-state index in [1.54, 1.807) is 11.0 Å². The number of benzene rings is 2. The van der Waals surface area contributed by atoms with Crippen LogP contribution in [-0.2, 0) is 25.7 Å². The second-order valence-corrected chi connectivity index (χ2v) is 13.4. The van der Waals surface area contributed by atoms with E-state index < -0.39 is 41.3 Å². The van der Waals surface area contributed by atoms with Crippen LogP contribution in [-0.4, -0.2) is 71.4 Å². The molecule has 4 aliphatic rings. The Morgan fingerprint density at radius 1 is 1.14 bits per heavy atom. The predicted octanol–water partition coefficient (Wildman–Crippen LogP) is 4.64. The quantitative estimate of drug-likeness (QED) is 0.398. The molecule has 3 fully saturated rings. The minimum absolute atomic E-state index is 0.00399. The summed E-state index contributed by atoms with van der Waals surface area (Å²) in [7, 11) is 1.99. The van der Waals surface area contributed by atoms with Gasteiger partial charge in [-0.1, -0.05) is 80.8 Å². The van der Waals surface area contributed by atoms with Crippen LogP contribution >= 0.6 is 11.6 Å². The standard InChI is InChI=1S/C34H40ClFN4O4/c1-20-8-7-11-26(21(20)2)38-32(42)30-34-15-14-27(44-34)28(31(41)37-23-12-13-25(36)24(35)18-23)29(34)33(43)40(30)17-16-39(3)19-22-9-5-4-6-10-22/h4-6,9-10,12-15,18,20-21,26-30H,7-8,11,16-17,19H2,1-3H3,(H,37,41)(H,38,42)/t20-,21-,26+,27-,28-,29-,30+,34+/m1/s1. The fourth-order valence-electron chi connectivity index (χ4n) is 7.61. The molecule has 3 aliphatic heterocycles. The number of likely N-dealkylation sites (N-methyl/N-ethyl adjacent to an activating group) is 1. The molecule has 44 heavy (non-hydrogen) atoms. The second-order valence-electron chi connectivity index (χ2n) is 13.0. The maximum Gasteiger partial charge on any atom is 0.246 e. The van der Waals surface area contributed by atoms with Gasteiger partial charge in [0, 0.05) is 31.4 Å². The highest BCUT2D eigenvalue weighted by molar-refractivity contribution is 6.31. The molecule has 6 rings (SSSR count). The molecule has 0 radical (unpaired) electrons. The van der Waals surface area contributed by atoms with E-state index in [9.17, 15) is 18.8 Å². The zero-order valence-corrected chi connectivity index (χ0v) is 26.1. The zero-order valence-electron chi connectivity index (χ0n) is 25.3. The molecule has 3 amide bonds. The number of anilines is 1. The van der Waals surface area contributed by atoms with Gasteiger partial charge in [-0.15, -0.1) is 0 Å². The Labute approximate surface area is 262 Å². The summed E-state index contributed by atoms with van der Waals surface area (Å²) in [6, 6.07) is 13.1. The van der Waals surface area contributed by atoms with E-state index in [1.807, 2.05) is 31.3 Å². The number of fused-ring (bicyclic) bond motifs is 1. The van der Waals surface area contributed by atoms with Crippen molar-refractivity contribution in [3.8, 4) is 0 Å². The molecule has 2 aromatic rings. The highest BCUT2D eigenvalue weighted by atomic mass is 35.5. The number of carbonyl (C=O) groups is 3. The number of amides is 3. The number of rotatable bonds is 9. The lowest BCUT2D eigenvalue weighted by Gasteiger charge is -2.38. The van der Waals surface area contributed by atoms with Crippen molar-refractivity contribution in [1.82, 2.24) is 15.1 Å². The molecular formula is C34H40ClFN4O4. The van der Waals surface area contributed by atoms with Crippen LogP contribution in [0.5, 0.6) is 0 Å². The number of halogens is 2. The van der Waals surface area contributed by atoms with Gasteiger partial charge >= 0.3 is 0 Å². The number of hydrogen-bond donors (Lipinski definition) is 2. The van der Waals surface area contributed by atoms with Gasteiger partial charge in [0.2, 0.25) is 17.7 Å². The molecular weight excluding hydrogens is 583 g/mol. The Hall–Kier alpha value is -3.27. The van der Waals surface area contributed by atoms with Crippen molar-refractivity contribution >= 4 is 35.0 Å². The Kier molecular flexibility index (Phi) is 8.56. The summed E-state index contributed by atoms with van der Waals surface area (Å²) >= 11 is 5.94. The van der Waals surface area contributed by atoms with Crippen molar-refractivity contribution in [2.24, 2.45) is 23.7 Å². The van der Waals surface area contributed by atoms with Gasteiger partial charge in [0.1, 0.15) is 17.5 Å². The molecule has 0 aromatic heterocycles. The van der Waals surface area contributed by atoms with Crippen LogP contribution in [0.4, 0.5) is 10.1 Å². The molecule has 2 saturated heterocycles. The monoisotopic (exact) mass is 622 g/mol. The molecule has 0 unspecified atom stereocenters. The van der Waals surface area contributed by atoms with Crippen molar-refractivity contribution in [3.05, 3.63) is 77.1 Å². The first-order chi connectivity index (χ1) is 21.1. The molecule has 2 bridgehead atoms. The van der Waals surface area contributed by atoms with E-state index in [-0.39, 0.29) is 22.9 Å². The SMILES string of the molecule is C[C@@H]1[C@H](C)CCC[C@@H]1NC(=O)[C@@H]1N(CCN(C)Cc2ccccc2)C(=O)[C@H]2[C@H](C(=O)Nc3ccc(F)c(Cl)c3)[C@H]3C=C[C@@]12O3. The Balaban J connectivity index is 1.26. The lowest BCUT2D eigenvalue weighted by atomic mass is 9.73. The third-order valence-electron chi connectivity index (χ3n) is 10.2. The Morgan fingerprint density at radius 3 is 2.66 bits per heavy atom. The Morgan fingerprint density at radius 2 is 1.91 bits per heavy atom. The van der Waals surface area contributed by atoms with E-state index in [1.165, 1.54) is 18.2 Å². The molecule has 8 nitrogen and oxygen atoms in total. The minimum atomic E-state index is -1.25. The number of nitrogens with zero attached hydrogens (tertiary/aromatic N) is 2. The van der Waals surface area contributed by atoms with Crippen LogP contribution in [0.3, 0.4) is 0 Å². The fourth-order valence-corrected chi connectivity index (χ4v) is 7.79. The van der Waals surface area contributed by atoms with Crippen LogP contribution in [0.2, 0.25) is 5.02 Å². The summed E-state index contributed by atoms with van der Waals surface area (Å²) in [5, 5.41) is 5.97. The van der Waals surface area contributed by atoms with Gasteiger partial charge in [-0.3, -0.25) is 14.4 Å². The average molecular weight is 623 g/mol. The predicted molar refractivity (Wildman–Crippen MR) is 166 cm³/mol. The first-order valence-corrected chi connectivity index (χ1v) is 15.9. The normalized spacial score (nSPS) is 32.3.